The fraction of sp³-hybridized carbons (Fsp3) is 0.571. The molecule has 0 saturated heterocycles. The van der Waals surface area contributed by atoms with E-state index in [4.69, 9.17) is 0 Å². The van der Waals surface area contributed by atoms with Gasteiger partial charge < -0.3 is 5.11 Å². The minimum Gasteiger partial charge on any atom is -0.385 e. The average Bonchev–Trinajstić information content (AvgIpc) is 2.31. The Kier molecular flexibility index (Phi) is 3.70. The van der Waals surface area contributed by atoms with Crippen molar-refractivity contribution in [2.24, 2.45) is 5.92 Å². The lowest BCUT2D eigenvalue weighted by atomic mass is 9.74. The maximum absolute atomic E-state index is 10.7. The van der Waals surface area contributed by atoms with E-state index in [-0.39, 0.29) is 0 Å². The van der Waals surface area contributed by atoms with Crippen molar-refractivity contribution < 1.29 is 5.11 Å². The molecule has 16 heavy (non-hydrogen) atoms. The zero-order valence-electron chi connectivity index (χ0n) is 9.75. The molecule has 0 radical (unpaired) electrons. The number of hydrogen-bond acceptors (Lipinski definition) is 1. The van der Waals surface area contributed by atoms with Gasteiger partial charge in [0, 0.05) is 4.47 Å². The fourth-order valence-electron chi connectivity index (χ4n) is 2.69. The Hall–Kier alpha value is -0.340. The van der Waals surface area contributed by atoms with Crippen LogP contribution in [0, 0.1) is 5.92 Å². The largest absolute Gasteiger partial charge is 0.385 e. The van der Waals surface area contributed by atoms with Crippen LogP contribution in [0.15, 0.2) is 28.7 Å². The van der Waals surface area contributed by atoms with Gasteiger partial charge in [0.15, 0.2) is 0 Å². The van der Waals surface area contributed by atoms with E-state index in [2.05, 4.69) is 15.9 Å². The first-order valence-corrected chi connectivity index (χ1v) is 6.88. The van der Waals surface area contributed by atoms with Crippen molar-refractivity contribution in [2.75, 3.05) is 0 Å². The highest BCUT2D eigenvalue weighted by Crippen LogP contribution is 2.39. The Balaban J connectivity index is 2.19. The van der Waals surface area contributed by atoms with Gasteiger partial charge in [-0.25, -0.2) is 0 Å². The third kappa shape index (κ3) is 2.49. The summed E-state index contributed by atoms with van der Waals surface area (Å²) in [5.74, 6) is 0.419. The topological polar surface area (TPSA) is 20.2 Å². The van der Waals surface area contributed by atoms with Gasteiger partial charge in [-0.05, 0) is 43.4 Å². The van der Waals surface area contributed by atoms with E-state index >= 15 is 0 Å². The highest BCUT2D eigenvalue weighted by Gasteiger charge is 2.34. The number of hydrogen-bond donors (Lipinski definition) is 1. The summed E-state index contributed by atoms with van der Waals surface area (Å²) in [6.45, 7) is 1.96. The molecule has 0 amide bonds. The summed E-state index contributed by atoms with van der Waals surface area (Å²) < 4.78 is 1.07. The monoisotopic (exact) mass is 282 g/mol. The second kappa shape index (κ2) is 4.89. The number of halogens is 1. The number of rotatable bonds is 2. The third-order valence-corrected chi connectivity index (χ3v) is 4.36. The Morgan fingerprint density at radius 3 is 2.25 bits per heavy atom. The van der Waals surface area contributed by atoms with Crippen LogP contribution < -0.4 is 0 Å². The molecule has 1 N–H and O–H groups in total. The molecule has 0 bridgehead atoms. The molecular weight excluding hydrogens is 264 g/mol. The molecule has 1 aliphatic carbocycles. The molecule has 1 aromatic carbocycles. The van der Waals surface area contributed by atoms with Crippen LogP contribution in [0.25, 0.3) is 0 Å². The third-order valence-electron chi connectivity index (χ3n) is 3.83. The standard InChI is InChI=1S/C14H19BrO/c1-14(16,11-5-3-2-4-6-11)12-7-9-13(15)10-8-12/h7-11,16H,2-6H2,1H3/t14-/m0/s1. The van der Waals surface area contributed by atoms with Crippen molar-refractivity contribution in [2.45, 2.75) is 44.6 Å². The van der Waals surface area contributed by atoms with Gasteiger partial charge in [-0.3, -0.25) is 0 Å². The molecular formula is C14H19BrO. The fourth-order valence-corrected chi connectivity index (χ4v) is 2.95. The molecule has 1 saturated carbocycles. The highest BCUT2D eigenvalue weighted by molar-refractivity contribution is 9.10. The summed E-state index contributed by atoms with van der Waals surface area (Å²) in [6, 6.07) is 8.07. The minimum absolute atomic E-state index is 0.419. The molecule has 0 unspecified atom stereocenters. The van der Waals surface area contributed by atoms with Crippen LogP contribution >= 0.6 is 15.9 Å². The summed E-state index contributed by atoms with van der Waals surface area (Å²) in [4.78, 5) is 0. The number of benzene rings is 1. The summed E-state index contributed by atoms with van der Waals surface area (Å²) >= 11 is 3.43. The normalized spacial score (nSPS) is 21.7. The summed E-state index contributed by atoms with van der Waals surface area (Å²) in [7, 11) is 0. The summed E-state index contributed by atoms with van der Waals surface area (Å²) in [5.41, 5.74) is 0.379. The van der Waals surface area contributed by atoms with Gasteiger partial charge in [-0.15, -0.1) is 0 Å². The lowest BCUT2D eigenvalue weighted by Crippen LogP contribution is -2.33. The van der Waals surface area contributed by atoms with Gasteiger partial charge in [0.1, 0.15) is 0 Å². The van der Waals surface area contributed by atoms with E-state index in [9.17, 15) is 5.11 Å². The van der Waals surface area contributed by atoms with Gasteiger partial charge in [-0.1, -0.05) is 47.3 Å². The van der Waals surface area contributed by atoms with Crippen LogP contribution in [0.2, 0.25) is 0 Å². The lowest BCUT2D eigenvalue weighted by Gasteiger charge is -2.36. The van der Waals surface area contributed by atoms with Crippen molar-refractivity contribution in [3.8, 4) is 0 Å². The molecule has 2 heteroatoms. The Bertz CT molecular complexity index is 336. The molecule has 1 aromatic rings. The van der Waals surface area contributed by atoms with Crippen LogP contribution in [0.4, 0.5) is 0 Å². The molecule has 1 aliphatic rings. The average molecular weight is 283 g/mol. The highest BCUT2D eigenvalue weighted by atomic mass is 79.9. The molecule has 1 atom stereocenters. The second-order valence-electron chi connectivity index (χ2n) is 4.99. The van der Waals surface area contributed by atoms with Crippen LogP contribution in [-0.2, 0) is 5.60 Å². The smallest absolute Gasteiger partial charge is 0.0896 e. The molecule has 1 fully saturated rings. The minimum atomic E-state index is -0.666. The van der Waals surface area contributed by atoms with Crippen molar-refractivity contribution in [3.63, 3.8) is 0 Å². The van der Waals surface area contributed by atoms with E-state index in [1.807, 2.05) is 31.2 Å². The lowest BCUT2D eigenvalue weighted by molar-refractivity contribution is -0.0215. The van der Waals surface area contributed by atoms with Gasteiger partial charge in [0.05, 0.1) is 5.60 Å². The van der Waals surface area contributed by atoms with Crippen molar-refractivity contribution in [1.82, 2.24) is 0 Å². The molecule has 0 spiro atoms. The van der Waals surface area contributed by atoms with Crippen LogP contribution in [0.5, 0.6) is 0 Å². The predicted octanol–water partition coefficient (Wildman–Crippen LogP) is 4.24. The Morgan fingerprint density at radius 1 is 1.12 bits per heavy atom. The van der Waals surface area contributed by atoms with Gasteiger partial charge in [-0.2, -0.15) is 0 Å². The van der Waals surface area contributed by atoms with Crippen molar-refractivity contribution in [1.29, 1.82) is 0 Å². The van der Waals surface area contributed by atoms with Gasteiger partial charge >= 0.3 is 0 Å². The van der Waals surface area contributed by atoms with E-state index in [0.29, 0.717) is 5.92 Å². The molecule has 1 nitrogen and oxygen atoms in total. The van der Waals surface area contributed by atoms with E-state index < -0.39 is 5.60 Å². The van der Waals surface area contributed by atoms with Crippen molar-refractivity contribution in [3.05, 3.63) is 34.3 Å². The van der Waals surface area contributed by atoms with E-state index in [0.717, 1.165) is 22.9 Å². The quantitative estimate of drug-likeness (QED) is 0.860. The first-order chi connectivity index (χ1) is 7.60. The predicted molar refractivity (Wildman–Crippen MR) is 70.3 cm³/mol. The second-order valence-corrected chi connectivity index (χ2v) is 5.91. The molecule has 0 aromatic heterocycles. The zero-order valence-corrected chi connectivity index (χ0v) is 11.3. The molecule has 0 heterocycles. The first-order valence-electron chi connectivity index (χ1n) is 6.09. The number of aliphatic hydroxyl groups is 1. The summed E-state index contributed by atoms with van der Waals surface area (Å²) in [5, 5.41) is 10.7. The molecule has 0 aliphatic heterocycles. The first kappa shape index (κ1) is 12.1. The van der Waals surface area contributed by atoms with Gasteiger partial charge in [0.25, 0.3) is 0 Å². The maximum Gasteiger partial charge on any atom is 0.0896 e. The van der Waals surface area contributed by atoms with Crippen molar-refractivity contribution >= 4 is 15.9 Å². The van der Waals surface area contributed by atoms with Crippen LogP contribution in [0.1, 0.15) is 44.6 Å². The molecule has 88 valence electrons. The van der Waals surface area contributed by atoms with Gasteiger partial charge in [0.2, 0.25) is 0 Å². The summed E-state index contributed by atoms with van der Waals surface area (Å²) in [6.07, 6.45) is 6.16. The Labute approximate surface area is 106 Å². The van der Waals surface area contributed by atoms with Crippen LogP contribution in [-0.4, -0.2) is 5.11 Å². The van der Waals surface area contributed by atoms with E-state index in [1.165, 1.54) is 19.3 Å². The van der Waals surface area contributed by atoms with E-state index in [1.54, 1.807) is 0 Å². The SMILES string of the molecule is C[C@@](O)(c1ccc(Br)cc1)C1CCCCC1. The Morgan fingerprint density at radius 2 is 1.69 bits per heavy atom. The zero-order chi connectivity index (χ0) is 11.6. The maximum atomic E-state index is 10.7. The van der Waals surface area contributed by atoms with Crippen LogP contribution in [0.3, 0.4) is 0 Å². The molecule has 2 rings (SSSR count).